The Morgan fingerprint density at radius 1 is 1.35 bits per heavy atom. The van der Waals surface area contributed by atoms with Crippen LogP contribution in [0.25, 0.3) is 0 Å². The summed E-state index contributed by atoms with van der Waals surface area (Å²) in [5.41, 5.74) is 0.133. The molecule has 0 aliphatic carbocycles. The zero-order valence-electron chi connectivity index (χ0n) is 9.47. The van der Waals surface area contributed by atoms with Gasteiger partial charge >= 0.3 is 6.18 Å². The highest BCUT2D eigenvalue weighted by molar-refractivity contribution is 5.41. The summed E-state index contributed by atoms with van der Waals surface area (Å²) in [7, 11) is 1.40. The molecule has 1 aromatic carbocycles. The number of methoxy groups -OCH3 is 1. The van der Waals surface area contributed by atoms with Crippen molar-refractivity contribution in [1.29, 1.82) is 0 Å². The average Bonchev–Trinajstić information content (AvgIpc) is 2.80. The molecule has 1 aliphatic rings. The average molecular weight is 245 g/mol. The van der Waals surface area contributed by atoms with Gasteiger partial charge in [0.1, 0.15) is 5.75 Å². The zero-order valence-corrected chi connectivity index (χ0v) is 9.47. The highest BCUT2D eigenvalue weighted by atomic mass is 19.4. The van der Waals surface area contributed by atoms with Crippen molar-refractivity contribution in [2.45, 2.75) is 25.1 Å². The van der Waals surface area contributed by atoms with Gasteiger partial charge in [0.15, 0.2) is 0 Å². The molecular formula is C12H14F3NO. The van der Waals surface area contributed by atoms with Gasteiger partial charge in [0.2, 0.25) is 0 Å². The fourth-order valence-corrected chi connectivity index (χ4v) is 2.13. The number of rotatable bonds is 2. The minimum atomic E-state index is -4.32. The number of nitrogens with one attached hydrogen (secondary N) is 1. The molecule has 0 radical (unpaired) electrons. The molecule has 1 heterocycles. The molecule has 1 N–H and O–H groups in total. The van der Waals surface area contributed by atoms with Crippen molar-refractivity contribution < 1.29 is 17.9 Å². The summed E-state index contributed by atoms with van der Waals surface area (Å²) in [6.07, 6.45) is -2.36. The Kier molecular flexibility index (Phi) is 3.28. The summed E-state index contributed by atoms with van der Waals surface area (Å²) in [5, 5.41) is 3.24. The summed E-state index contributed by atoms with van der Waals surface area (Å²) in [4.78, 5) is 0. The third-order valence-electron chi connectivity index (χ3n) is 3.00. The van der Waals surface area contributed by atoms with Crippen LogP contribution in [-0.2, 0) is 6.18 Å². The van der Waals surface area contributed by atoms with E-state index in [2.05, 4.69) is 5.32 Å². The number of alkyl halides is 3. The predicted octanol–water partition coefficient (Wildman–Crippen LogP) is 3.14. The van der Waals surface area contributed by atoms with Gasteiger partial charge < -0.3 is 10.1 Å². The van der Waals surface area contributed by atoms with Crippen LogP contribution >= 0.6 is 0 Å². The van der Waals surface area contributed by atoms with Crippen molar-refractivity contribution in [2.24, 2.45) is 0 Å². The van der Waals surface area contributed by atoms with Crippen LogP contribution in [0.4, 0.5) is 13.2 Å². The summed E-state index contributed by atoms with van der Waals surface area (Å²) in [5.74, 6) is 0.305. The molecular weight excluding hydrogens is 231 g/mol. The van der Waals surface area contributed by atoms with E-state index in [-0.39, 0.29) is 6.04 Å². The third kappa shape index (κ3) is 2.54. The van der Waals surface area contributed by atoms with Gasteiger partial charge in [-0.15, -0.1) is 0 Å². The molecule has 1 aromatic rings. The molecule has 17 heavy (non-hydrogen) atoms. The van der Waals surface area contributed by atoms with Gasteiger partial charge in [0.25, 0.3) is 0 Å². The monoisotopic (exact) mass is 245 g/mol. The van der Waals surface area contributed by atoms with E-state index >= 15 is 0 Å². The van der Waals surface area contributed by atoms with Gasteiger partial charge in [0.05, 0.1) is 12.7 Å². The highest BCUT2D eigenvalue weighted by Gasteiger charge is 2.32. The van der Waals surface area contributed by atoms with Crippen molar-refractivity contribution in [3.05, 3.63) is 29.3 Å². The van der Waals surface area contributed by atoms with Crippen LogP contribution in [0.1, 0.15) is 30.0 Å². The van der Waals surface area contributed by atoms with Crippen LogP contribution in [-0.4, -0.2) is 13.7 Å². The summed E-state index contributed by atoms with van der Waals surface area (Å²) < 4.78 is 42.7. The number of benzene rings is 1. The molecule has 2 nitrogen and oxygen atoms in total. The Morgan fingerprint density at radius 2 is 2.12 bits per heavy atom. The standard InChI is InChI=1S/C12H14F3NO/c1-17-11-7-8(12(13,14)15)4-5-9(11)10-3-2-6-16-10/h4-5,7,10,16H,2-3,6H2,1H3. The normalized spacial score (nSPS) is 20.6. The molecule has 1 unspecified atom stereocenters. The van der Waals surface area contributed by atoms with Gasteiger partial charge in [-0.3, -0.25) is 0 Å². The van der Waals surface area contributed by atoms with Crippen LogP contribution in [0, 0.1) is 0 Å². The van der Waals surface area contributed by atoms with Crippen molar-refractivity contribution in [3.63, 3.8) is 0 Å². The lowest BCUT2D eigenvalue weighted by atomic mass is 10.0. The minimum absolute atomic E-state index is 0.104. The van der Waals surface area contributed by atoms with Crippen molar-refractivity contribution in [3.8, 4) is 5.75 Å². The summed E-state index contributed by atoms with van der Waals surface area (Å²) >= 11 is 0. The largest absolute Gasteiger partial charge is 0.496 e. The van der Waals surface area contributed by atoms with E-state index in [4.69, 9.17) is 4.74 Å². The van der Waals surface area contributed by atoms with Crippen LogP contribution in [0.15, 0.2) is 18.2 Å². The molecule has 5 heteroatoms. The molecule has 0 amide bonds. The molecule has 1 fully saturated rings. The molecule has 0 saturated carbocycles. The molecule has 0 bridgehead atoms. The lowest BCUT2D eigenvalue weighted by Crippen LogP contribution is -2.14. The number of ether oxygens (including phenoxy) is 1. The van der Waals surface area contributed by atoms with Crippen molar-refractivity contribution in [2.75, 3.05) is 13.7 Å². The van der Waals surface area contributed by atoms with E-state index in [1.54, 1.807) is 0 Å². The quantitative estimate of drug-likeness (QED) is 0.864. The van der Waals surface area contributed by atoms with Gasteiger partial charge in [-0.2, -0.15) is 13.2 Å². The van der Waals surface area contributed by atoms with Crippen LogP contribution < -0.4 is 10.1 Å². The number of hydrogen-bond acceptors (Lipinski definition) is 2. The van der Waals surface area contributed by atoms with E-state index in [0.717, 1.165) is 37.1 Å². The van der Waals surface area contributed by atoms with Crippen LogP contribution in [0.5, 0.6) is 5.75 Å². The predicted molar refractivity (Wildman–Crippen MR) is 58.0 cm³/mol. The maximum Gasteiger partial charge on any atom is 0.416 e. The lowest BCUT2D eigenvalue weighted by Gasteiger charge is -2.17. The van der Waals surface area contributed by atoms with E-state index in [9.17, 15) is 13.2 Å². The maximum absolute atomic E-state index is 12.5. The van der Waals surface area contributed by atoms with Crippen LogP contribution in [0.3, 0.4) is 0 Å². The Bertz CT molecular complexity index is 397. The topological polar surface area (TPSA) is 21.3 Å². The SMILES string of the molecule is COc1cc(C(F)(F)F)ccc1C1CCCN1. The van der Waals surface area contributed by atoms with Crippen LogP contribution in [0.2, 0.25) is 0 Å². The molecule has 1 saturated heterocycles. The van der Waals surface area contributed by atoms with Crippen molar-refractivity contribution >= 4 is 0 Å². The minimum Gasteiger partial charge on any atom is -0.496 e. The molecule has 0 spiro atoms. The Morgan fingerprint density at radius 3 is 2.65 bits per heavy atom. The Labute approximate surface area is 97.8 Å². The van der Waals surface area contributed by atoms with E-state index in [1.165, 1.54) is 13.2 Å². The van der Waals surface area contributed by atoms with Gasteiger partial charge in [-0.05, 0) is 31.5 Å². The zero-order chi connectivity index (χ0) is 12.5. The number of halogens is 3. The smallest absolute Gasteiger partial charge is 0.416 e. The Hall–Kier alpha value is -1.23. The molecule has 1 aliphatic heterocycles. The second-order valence-electron chi connectivity index (χ2n) is 4.10. The fourth-order valence-electron chi connectivity index (χ4n) is 2.13. The van der Waals surface area contributed by atoms with Gasteiger partial charge in [0, 0.05) is 11.6 Å². The highest BCUT2D eigenvalue weighted by Crippen LogP contribution is 2.36. The van der Waals surface area contributed by atoms with E-state index < -0.39 is 11.7 Å². The van der Waals surface area contributed by atoms with Crippen molar-refractivity contribution in [1.82, 2.24) is 5.32 Å². The third-order valence-corrected chi connectivity index (χ3v) is 3.00. The molecule has 2 rings (SSSR count). The van der Waals surface area contributed by atoms with Gasteiger partial charge in [-0.1, -0.05) is 6.07 Å². The summed E-state index contributed by atoms with van der Waals surface area (Å²) in [6.45, 7) is 0.898. The maximum atomic E-state index is 12.5. The van der Waals surface area contributed by atoms with E-state index in [0.29, 0.717) is 5.75 Å². The first-order valence-electron chi connectivity index (χ1n) is 5.51. The molecule has 1 atom stereocenters. The second kappa shape index (κ2) is 4.56. The molecule has 0 aromatic heterocycles. The van der Waals surface area contributed by atoms with E-state index in [1.807, 2.05) is 0 Å². The second-order valence-corrected chi connectivity index (χ2v) is 4.10. The first-order valence-corrected chi connectivity index (χ1v) is 5.51. The first-order chi connectivity index (χ1) is 8.02. The Balaban J connectivity index is 2.34. The molecule has 94 valence electrons. The summed E-state index contributed by atoms with van der Waals surface area (Å²) in [6, 6.07) is 3.78. The number of hydrogen-bond donors (Lipinski definition) is 1. The first kappa shape index (κ1) is 12.2. The lowest BCUT2D eigenvalue weighted by molar-refractivity contribution is -0.137. The fraction of sp³-hybridized carbons (Fsp3) is 0.500. The van der Waals surface area contributed by atoms with Gasteiger partial charge in [-0.25, -0.2) is 0 Å².